The summed E-state index contributed by atoms with van der Waals surface area (Å²) in [5.41, 5.74) is 1.01. The molecule has 0 N–H and O–H groups in total. The number of benzene rings is 1. The molecule has 0 bridgehead atoms. The predicted octanol–water partition coefficient (Wildman–Crippen LogP) is 2.96. The van der Waals surface area contributed by atoms with Crippen molar-refractivity contribution in [3.05, 3.63) is 46.8 Å². The van der Waals surface area contributed by atoms with Crippen molar-refractivity contribution in [3.8, 4) is 6.07 Å². The van der Waals surface area contributed by atoms with E-state index < -0.39 is 0 Å². The van der Waals surface area contributed by atoms with Gasteiger partial charge in [-0.2, -0.15) is 10.4 Å². The van der Waals surface area contributed by atoms with Crippen LogP contribution >= 0.6 is 0 Å². The van der Waals surface area contributed by atoms with Crippen LogP contribution in [-0.2, 0) is 13.1 Å². The van der Waals surface area contributed by atoms with Crippen LogP contribution in [0.2, 0.25) is 0 Å². The first-order valence-electron chi connectivity index (χ1n) is 8.37. The van der Waals surface area contributed by atoms with Crippen LogP contribution in [0.4, 0.5) is 4.39 Å². The average molecular weight is 327 g/mol. The van der Waals surface area contributed by atoms with Crippen molar-refractivity contribution in [2.24, 2.45) is 0 Å². The van der Waals surface area contributed by atoms with E-state index in [1.54, 1.807) is 12.1 Å². The van der Waals surface area contributed by atoms with Crippen molar-refractivity contribution >= 4 is 0 Å². The van der Waals surface area contributed by atoms with Crippen LogP contribution in [0.1, 0.15) is 42.0 Å². The highest BCUT2D eigenvalue weighted by molar-refractivity contribution is 5.32. The van der Waals surface area contributed by atoms with Gasteiger partial charge < -0.3 is 0 Å². The third-order valence-electron chi connectivity index (χ3n) is 4.65. The smallest absolute Gasteiger partial charge is 0.147 e. The standard InChI is InChI=1S/C18H22FN5/c1-13-21-14(2)24(22-13)12-17-5-3-4-8-23(17)11-16-7-6-15(10-20)9-18(16)19/h6-7,9,17H,3-5,8,11-12H2,1-2H3/t17-/m1/s1. The normalized spacial score (nSPS) is 18.5. The van der Waals surface area contributed by atoms with Gasteiger partial charge in [0.05, 0.1) is 18.2 Å². The molecule has 5 nitrogen and oxygen atoms in total. The molecule has 0 aliphatic carbocycles. The number of halogens is 1. The van der Waals surface area contributed by atoms with E-state index in [4.69, 9.17) is 5.26 Å². The van der Waals surface area contributed by atoms with Gasteiger partial charge in [0, 0.05) is 18.2 Å². The fourth-order valence-corrected chi connectivity index (χ4v) is 3.37. The zero-order chi connectivity index (χ0) is 17.1. The number of aromatic nitrogens is 3. The molecule has 24 heavy (non-hydrogen) atoms. The monoisotopic (exact) mass is 327 g/mol. The summed E-state index contributed by atoms with van der Waals surface area (Å²) in [7, 11) is 0. The maximum absolute atomic E-state index is 14.2. The Morgan fingerprint density at radius 1 is 1.33 bits per heavy atom. The molecule has 126 valence electrons. The molecule has 1 aliphatic rings. The zero-order valence-electron chi connectivity index (χ0n) is 14.2. The molecule has 0 saturated carbocycles. The van der Waals surface area contributed by atoms with Gasteiger partial charge in [0.15, 0.2) is 0 Å². The van der Waals surface area contributed by atoms with Gasteiger partial charge in [-0.3, -0.25) is 4.90 Å². The van der Waals surface area contributed by atoms with Gasteiger partial charge in [0.2, 0.25) is 0 Å². The Hall–Kier alpha value is -2.26. The van der Waals surface area contributed by atoms with Gasteiger partial charge in [0.25, 0.3) is 0 Å². The third-order valence-corrected chi connectivity index (χ3v) is 4.65. The minimum absolute atomic E-state index is 0.300. The lowest BCUT2D eigenvalue weighted by molar-refractivity contribution is 0.120. The van der Waals surface area contributed by atoms with Crippen LogP contribution in [0.25, 0.3) is 0 Å². The molecule has 1 saturated heterocycles. The minimum atomic E-state index is -0.300. The predicted molar refractivity (Wildman–Crippen MR) is 88.7 cm³/mol. The third kappa shape index (κ3) is 3.62. The topological polar surface area (TPSA) is 57.7 Å². The summed E-state index contributed by atoms with van der Waals surface area (Å²) < 4.78 is 16.2. The SMILES string of the molecule is Cc1nc(C)n(C[C@H]2CCCCN2Cc2ccc(C#N)cc2F)n1. The first-order chi connectivity index (χ1) is 11.6. The maximum atomic E-state index is 14.2. The molecule has 1 aromatic heterocycles. The van der Waals surface area contributed by atoms with E-state index in [1.165, 1.54) is 12.5 Å². The Kier molecular flexibility index (Phi) is 4.91. The molecule has 1 fully saturated rings. The molecular weight excluding hydrogens is 305 g/mol. The van der Waals surface area contributed by atoms with E-state index in [1.807, 2.05) is 24.6 Å². The van der Waals surface area contributed by atoms with E-state index in [2.05, 4.69) is 15.0 Å². The lowest BCUT2D eigenvalue weighted by Crippen LogP contribution is -2.42. The summed E-state index contributed by atoms with van der Waals surface area (Å²) in [6.07, 6.45) is 3.39. The second-order valence-corrected chi connectivity index (χ2v) is 6.43. The fourth-order valence-electron chi connectivity index (χ4n) is 3.37. The van der Waals surface area contributed by atoms with Crippen molar-refractivity contribution in [3.63, 3.8) is 0 Å². The Bertz CT molecular complexity index is 761. The molecule has 1 aliphatic heterocycles. The van der Waals surface area contributed by atoms with Crippen LogP contribution in [0.3, 0.4) is 0 Å². The number of nitrogens with zero attached hydrogens (tertiary/aromatic N) is 5. The number of hydrogen-bond acceptors (Lipinski definition) is 4. The highest BCUT2D eigenvalue weighted by Crippen LogP contribution is 2.22. The molecule has 0 radical (unpaired) electrons. The Morgan fingerprint density at radius 3 is 2.83 bits per heavy atom. The van der Waals surface area contributed by atoms with Crippen molar-refractivity contribution < 1.29 is 4.39 Å². The van der Waals surface area contributed by atoms with E-state index in [0.29, 0.717) is 23.7 Å². The number of nitriles is 1. The Balaban J connectivity index is 1.75. The highest BCUT2D eigenvalue weighted by Gasteiger charge is 2.24. The van der Waals surface area contributed by atoms with Gasteiger partial charge >= 0.3 is 0 Å². The molecule has 1 atom stereocenters. The summed E-state index contributed by atoms with van der Waals surface area (Å²) in [4.78, 5) is 6.69. The van der Waals surface area contributed by atoms with Crippen LogP contribution in [0.5, 0.6) is 0 Å². The number of rotatable bonds is 4. The number of aryl methyl sites for hydroxylation is 2. The first kappa shape index (κ1) is 16.6. The van der Waals surface area contributed by atoms with Crippen LogP contribution in [0, 0.1) is 31.0 Å². The largest absolute Gasteiger partial charge is 0.294 e. The lowest BCUT2D eigenvalue weighted by atomic mass is 10.0. The van der Waals surface area contributed by atoms with Crippen LogP contribution in [0.15, 0.2) is 18.2 Å². The van der Waals surface area contributed by atoms with Crippen molar-refractivity contribution in [1.82, 2.24) is 19.7 Å². The molecule has 1 aromatic carbocycles. The van der Waals surface area contributed by atoms with Gasteiger partial charge in [-0.05, 0) is 45.4 Å². The van der Waals surface area contributed by atoms with Crippen LogP contribution in [-0.4, -0.2) is 32.3 Å². The Labute approximate surface area is 141 Å². The van der Waals surface area contributed by atoms with E-state index >= 15 is 0 Å². The minimum Gasteiger partial charge on any atom is -0.294 e. The highest BCUT2D eigenvalue weighted by atomic mass is 19.1. The van der Waals surface area contributed by atoms with Crippen molar-refractivity contribution in [2.75, 3.05) is 6.54 Å². The second kappa shape index (κ2) is 7.10. The van der Waals surface area contributed by atoms with Crippen molar-refractivity contribution in [1.29, 1.82) is 5.26 Å². The molecular formula is C18H22FN5. The van der Waals surface area contributed by atoms with Gasteiger partial charge in [-0.25, -0.2) is 14.1 Å². The molecule has 6 heteroatoms. The zero-order valence-corrected chi connectivity index (χ0v) is 14.2. The fraction of sp³-hybridized carbons (Fsp3) is 0.500. The summed E-state index contributed by atoms with van der Waals surface area (Å²) in [5, 5.41) is 13.3. The second-order valence-electron chi connectivity index (χ2n) is 6.43. The maximum Gasteiger partial charge on any atom is 0.147 e. The van der Waals surface area contributed by atoms with Gasteiger partial charge in [-0.1, -0.05) is 12.5 Å². The molecule has 2 heterocycles. The van der Waals surface area contributed by atoms with Gasteiger partial charge in [0.1, 0.15) is 17.5 Å². The quantitative estimate of drug-likeness (QED) is 0.866. The summed E-state index contributed by atoms with van der Waals surface area (Å²) in [6, 6.07) is 7.03. The summed E-state index contributed by atoms with van der Waals surface area (Å²) in [6.45, 7) is 6.16. The van der Waals surface area contributed by atoms with Crippen LogP contribution < -0.4 is 0 Å². The van der Waals surface area contributed by atoms with Crippen molar-refractivity contribution in [2.45, 2.75) is 52.2 Å². The van der Waals surface area contributed by atoms with Gasteiger partial charge in [-0.15, -0.1) is 0 Å². The molecule has 0 spiro atoms. The molecule has 0 amide bonds. The number of piperidine rings is 1. The summed E-state index contributed by atoms with van der Waals surface area (Å²) >= 11 is 0. The molecule has 0 unspecified atom stereocenters. The lowest BCUT2D eigenvalue weighted by Gasteiger charge is -2.35. The van der Waals surface area contributed by atoms with E-state index in [9.17, 15) is 4.39 Å². The molecule has 3 rings (SSSR count). The Morgan fingerprint density at radius 2 is 2.17 bits per heavy atom. The molecule has 2 aromatic rings. The first-order valence-corrected chi connectivity index (χ1v) is 8.37. The van der Waals surface area contributed by atoms with E-state index in [-0.39, 0.29) is 5.82 Å². The summed E-state index contributed by atoms with van der Waals surface area (Å²) in [5.74, 6) is 1.40. The van der Waals surface area contributed by atoms with E-state index in [0.717, 1.165) is 37.6 Å². The number of hydrogen-bond donors (Lipinski definition) is 0. The average Bonchev–Trinajstić information content (AvgIpc) is 2.88. The number of likely N-dealkylation sites (tertiary alicyclic amines) is 1.